The average Bonchev–Trinajstić information content (AvgIpc) is 2.34. The van der Waals surface area contributed by atoms with E-state index in [2.05, 4.69) is 4.98 Å². The first kappa shape index (κ1) is 12.6. The Kier molecular flexibility index (Phi) is 3.62. The lowest BCUT2D eigenvalue weighted by atomic mass is 9.99. The highest BCUT2D eigenvalue weighted by molar-refractivity contribution is 5.25. The summed E-state index contributed by atoms with van der Waals surface area (Å²) in [6.45, 7) is 0. The zero-order valence-corrected chi connectivity index (χ0v) is 9.41. The van der Waals surface area contributed by atoms with Crippen molar-refractivity contribution in [3.05, 3.63) is 65.2 Å². The molecule has 2 N–H and O–H groups in total. The second-order valence-corrected chi connectivity index (χ2v) is 3.91. The molecule has 0 spiro atoms. The lowest BCUT2D eigenvalue weighted by molar-refractivity contribution is 0.527. The zero-order valence-electron chi connectivity index (χ0n) is 9.41. The van der Waals surface area contributed by atoms with Crippen LogP contribution in [0.2, 0.25) is 0 Å². The van der Waals surface area contributed by atoms with Crippen LogP contribution in [0.25, 0.3) is 0 Å². The molecule has 2 aromatic rings. The van der Waals surface area contributed by atoms with E-state index in [-0.39, 0.29) is 17.5 Å². The molecule has 0 saturated carbocycles. The van der Waals surface area contributed by atoms with Crippen LogP contribution in [-0.4, -0.2) is 4.98 Å². The number of hydrogen-bond donors (Lipinski definition) is 1. The van der Waals surface area contributed by atoms with Gasteiger partial charge in [-0.2, -0.15) is 0 Å². The third-order valence-electron chi connectivity index (χ3n) is 2.69. The SMILES string of the molecule is NC(Cc1c(F)cccc1F)c1ccncc1F. The maximum absolute atomic E-state index is 13.4. The summed E-state index contributed by atoms with van der Waals surface area (Å²) in [6.07, 6.45) is 2.29. The number of nitrogens with two attached hydrogens (primary N) is 1. The number of pyridine rings is 1. The summed E-state index contributed by atoms with van der Waals surface area (Å²) in [6, 6.07) is 4.15. The Morgan fingerprint density at radius 2 is 1.72 bits per heavy atom. The molecule has 2 rings (SSSR count). The summed E-state index contributed by atoms with van der Waals surface area (Å²) < 4.78 is 40.3. The highest BCUT2D eigenvalue weighted by atomic mass is 19.1. The monoisotopic (exact) mass is 252 g/mol. The quantitative estimate of drug-likeness (QED) is 0.912. The third kappa shape index (κ3) is 2.51. The average molecular weight is 252 g/mol. The van der Waals surface area contributed by atoms with Crippen LogP contribution in [0.1, 0.15) is 17.2 Å². The Morgan fingerprint density at radius 3 is 2.33 bits per heavy atom. The molecule has 1 unspecified atom stereocenters. The normalized spacial score (nSPS) is 12.4. The van der Waals surface area contributed by atoms with Gasteiger partial charge in [0.1, 0.15) is 17.5 Å². The van der Waals surface area contributed by atoms with Crippen LogP contribution in [0.4, 0.5) is 13.2 Å². The van der Waals surface area contributed by atoms with E-state index < -0.39 is 23.5 Å². The maximum Gasteiger partial charge on any atom is 0.146 e. The van der Waals surface area contributed by atoms with Crippen molar-refractivity contribution < 1.29 is 13.2 Å². The van der Waals surface area contributed by atoms with Crippen molar-refractivity contribution in [1.29, 1.82) is 0 Å². The van der Waals surface area contributed by atoms with E-state index in [1.807, 2.05) is 0 Å². The van der Waals surface area contributed by atoms with Crippen LogP contribution in [0, 0.1) is 17.5 Å². The largest absolute Gasteiger partial charge is 0.324 e. The van der Waals surface area contributed by atoms with Crippen LogP contribution in [0.3, 0.4) is 0 Å². The summed E-state index contributed by atoms with van der Waals surface area (Å²) in [4.78, 5) is 3.59. The summed E-state index contributed by atoms with van der Waals surface area (Å²) in [5, 5.41) is 0. The van der Waals surface area contributed by atoms with Crippen LogP contribution >= 0.6 is 0 Å². The molecule has 0 radical (unpaired) electrons. The van der Waals surface area contributed by atoms with E-state index in [1.165, 1.54) is 18.3 Å². The molecule has 0 aliphatic heterocycles. The predicted octanol–water partition coefficient (Wildman–Crippen LogP) is 2.74. The molecular weight excluding hydrogens is 241 g/mol. The first-order chi connectivity index (χ1) is 8.59. The molecule has 0 fully saturated rings. The van der Waals surface area contributed by atoms with Crippen LogP contribution < -0.4 is 5.73 Å². The zero-order chi connectivity index (χ0) is 13.1. The maximum atomic E-state index is 13.4. The van der Waals surface area contributed by atoms with E-state index in [1.54, 1.807) is 0 Å². The molecule has 1 aromatic heterocycles. The minimum Gasteiger partial charge on any atom is -0.324 e. The van der Waals surface area contributed by atoms with Crippen molar-refractivity contribution in [3.8, 4) is 0 Å². The van der Waals surface area contributed by atoms with Gasteiger partial charge in [-0.25, -0.2) is 13.2 Å². The molecule has 94 valence electrons. The van der Waals surface area contributed by atoms with Crippen molar-refractivity contribution in [3.63, 3.8) is 0 Å². The van der Waals surface area contributed by atoms with Gasteiger partial charge in [-0.1, -0.05) is 6.07 Å². The molecule has 1 atom stereocenters. The van der Waals surface area contributed by atoms with E-state index in [9.17, 15) is 13.2 Å². The van der Waals surface area contributed by atoms with Crippen molar-refractivity contribution in [2.24, 2.45) is 5.73 Å². The van der Waals surface area contributed by atoms with Gasteiger partial charge in [-0.05, 0) is 24.6 Å². The van der Waals surface area contributed by atoms with Crippen molar-refractivity contribution >= 4 is 0 Å². The molecular formula is C13H11F3N2. The number of halogens is 3. The van der Waals surface area contributed by atoms with Crippen molar-refractivity contribution in [2.45, 2.75) is 12.5 Å². The lowest BCUT2D eigenvalue weighted by Crippen LogP contribution is -2.16. The molecule has 0 bridgehead atoms. The van der Waals surface area contributed by atoms with E-state index in [0.717, 1.165) is 18.3 Å². The van der Waals surface area contributed by atoms with Gasteiger partial charge < -0.3 is 5.73 Å². The molecule has 1 heterocycles. The summed E-state index contributed by atoms with van der Waals surface area (Å²) in [7, 11) is 0. The van der Waals surface area contributed by atoms with Gasteiger partial charge in [0.25, 0.3) is 0 Å². The second-order valence-electron chi connectivity index (χ2n) is 3.91. The smallest absolute Gasteiger partial charge is 0.146 e. The van der Waals surface area contributed by atoms with Gasteiger partial charge in [0.2, 0.25) is 0 Å². The van der Waals surface area contributed by atoms with Crippen LogP contribution in [0.5, 0.6) is 0 Å². The van der Waals surface area contributed by atoms with Gasteiger partial charge in [0, 0.05) is 23.4 Å². The van der Waals surface area contributed by atoms with Gasteiger partial charge in [-0.3, -0.25) is 4.98 Å². The first-order valence-electron chi connectivity index (χ1n) is 5.37. The van der Waals surface area contributed by atoms with E-state index in [0.29, 0.717) is 0 Å². The fourth-order valence-corrected chi connectivity index (χ4v) is 1.74. The Balaban J connectivity index is 2.27. The van der Waals surface area contributed by atoms with E-state index >= 15 is 0 Å². The molecule has 0 amide bonds. The van der Waals surface area contributed by atoms with Gasteiger partial charge in [0.15, 0.2) is 0 Å². The predicted molar refractivity (Wildman–Crippen MR) is 61.2 cm³/mol. The molecule has 0 aliphatic rings. The molecule has 0 aliphatic carbocycles. The standard InChI is InChI=1S/C13H11F3N2/c14-10-2-1-3-11(15)9(10)6-13(17)8-4-5-18-7-12(8)16/h1-5,7,13H,6,17H2. The van der Waals surface area contributed by atoms with Crippen LogP contribution in [0.15, 0.2) is 36.7 Å². The van der Waals surface area contributed by atoms with Crippen molar-refractivity contribution in [2.75, 3.05) is 0 Å². The Morgan fingerprint density at radius 1 is 1.06 bits per heavy atom. The minimum atomic E-state index is -0.820. The lowest BCUT2D eigenvalue weighted by Gasteiger charge is -2.13. The molecule has 0 saturated heterocycles. The van der Waals surface area contributed by atoms with Gasteiger partial charge in [0.05, 0.1) is 6.20 Å². The summed E-state index contributed by atoms with van der Waals surface area (Å²) >= 11 is 0. The number of aromatic nitrogens is 1. The fourth-order valence-electron chi connectivity index (χ4n) is 1.74. The van der Waals surface area contributed by atoms with E-state index in [4.69, 9.17) is 5.73 Å². The Bertz CT molecular complexity index is 537. The number of nitrogens with zero attached hydrogens (tertiary/aromatic N) is 1. The number of hydrogen-bond acceptors (Lipinski definition) is 2. The van der Waals surface area contributed by atoms with Gasteiger partial charge in [-0.15, -0.1) is 0 Å². The highest BCUT2D eigenvalue weighted by Crippen LogP contribution is 2.21. The Hall–Kier alpha value is -1.88. The highest BCUT2D eigenvalue weighted by Gasteiger charge is 2.16. The minimum absolute atomic E-state index is 0.112. The Labute approximate surface area is 102 Å². The molecule has 1 aromatic carbocycles. The summed E-state index contributed by atoms with van der Waals surface area (Å²) in [5.74, 6) is -1.94. The van der Waals surface area contributed by atoms with Crippen LogP contribution in [-0.2, 0) is 6.42 Å². The second kappa shape index (κ2) is 5.18. The number of rotatable bonds is 3. The summed E-state index contributed by atoms with van der Waals surface area (Å²) in [5.41, 5.74) is 5.81. The first-order valence-corrected chi connectivity index (χ1v) is 5.37. The number of benzene rings is 1. The van der Waals surface area contributed by atoms with Crippen molar-refractivity contribution in [1.82, 2.24) is 4.98 Å². The molecule has 18 heavy (non-hydrogen) atoms. The molecule has 5 heteroatoms. The molecule has 2 nitrogen and oxygen atoms in total. The third-order valence-corrected chi connectivity index (χ3v) is 2.69. The van der Waals surface area contributed by atoms with Gasteiger partial charge >= 0.3 is 0 Å². The topological polar surface area (TPSA) is 38.9 Å². The fraction of sp³-hybridized carbons (Fsp3) is 0.154.